The first kappa shape index (κ1) is 22.3. The first-order valence-electron chi connectivity index (χ1n) is 9.07. The summed E-state index contributed by atoms with van der Waals surface area (Å²) in [5.41, 5.74) is 0.766. The van der Waals surface area contributed by atoms with Gasteiger partial charge in [-0.2, -0.15) is 0 Å². The Kier molecular flexibility index (Phi) is 9.34. The molecule has 0 unspecified atom stereocenters. The Labute approximate surface area is 175 Å². The number of ether oxygens (including phenoxy) is 3. The lowest BCUT2D eigenvalue weighted by Crippen LogP contribution is -2.31. The third-order valence-corrected chi connectivity index (χ3v) is 5.07. The molecule has 0 saturated carbocycles. The summed E-state index contributed by atoms with van der Waals surface area (Å²) in [4.78, 5) is 15.6. The molecule has 28 heavy (non-hydrogen) atoms. The van der Waals surface area contributed by atoms with E-state index in [4.69, 9.17) is 25.8 Å². The number of benzene rings is 1. The van der Waals surface area contributed by atoms with E-state index in [1.54, 1.807) is 54.7 Å². The number of rotatable bonds is 11. The summed E-state index contributed by atoms with van der Waals surface area (Å²) in [5.74, 6) is 0.976. The molecule has 7 heteroatoms. The SMILES string of the molecule is CCCOc1c(Cl)cc(C=CC(=O)N(CCOC)Cc2cccs2)cc1OC. The highest BCUT2D eigenvalue weighted by atomic mass is 35.5. The van der Waals surface area contributed by atoms with Crippen LogP contribution in [0.2, 0.25) is 5.02 Å². The molecule has 0 fully saturated rings. The van der Waals surface area contributed by atoms with Crippen molar-refractivity contribution in [3.05, 3.63) is 51.2 Å². The van der Waals surface area contributed by atoms with Gasteiger partial charge in [-0.25, -0.2) is 0 Å². The molecule has 0 bridgehead atoms. The Morgan fingerprint density at radius 3 is 2.75 bits per heavy atom. The van der Waals surface area contributed by atoms with Crippen molar-refractivity contribution in [1.29, 1.82) is 0 Å². The van der Waals surface area contributed by atoms with E-state index < -0.39 is 0 Å². The monoisotopic (exact) mass is 423 g/mol. The van der Waals surface area contributed by atoms with Crippen LogP contribution in [0.1, 0.15) is 23.8 Å². The van der Waals surface area contributed by atoms with Crippen LogP contribution in [0, 0.1) is 0 Å². The van der Waals surface area contributed by atoms with Gasteiger partial charge in [0.15, 0.2) is 11.5 Å². The standard InChI is InChI=1S/C21H26ClNO4S/c1-4-10-27-21-18(22)13-16(14-19(21)26-3)7-8-20(24)23(9-11-25-2)15-17-6-5-12-28-17/h5-8,12-14H,4,9-11,15H2,1-3H3. The molecule has 0 aliphatic carbocycles. The van der Waals surface area contributed by atoms with E-state index >= 15 is 0 Å². The minimum atomic E-state index is -0.0909. The van der Waals surface area contributed by atoms with Gasteiger partial charge in [0.05, 0.1) is 31.9 Å². The number of hydrogen-bond acceptors (Lipinski definition) is 5. The maximum absolute atomic E-state index is 12.7. The highest BCUT2D eigenvalue weighted by molar-refractivity contribution is 7.09. The largest absolute Gasteiger partial charge is 0.493 e. The lowest BCUT2D eigenvalue weighted by Gasteiger charge is -2.20. The normalized spacial score (nSPS) is 11.0. The zero-order chi connectivity index (χ0) is 20.4. The van der Waals surface area contributed by atoms with Crippen LogP contribution >= 0.6 is 22.9 Å². The number of halogens is 1. The van der Waals surface area contributed by atoms with Crippen LogP contribution in [0.5, 0.6) is 11.5 Å². The lowest BCUT2D eigenvalue weighted by atomic mass is 10.1. The van der Waals surface area contributed by atoms with Gasteiger partial charge < -0.3 is 19.1 Å². The maximum atomic E-state index is 12.7. The Morgan fingerprint density at radius 1 is 1.29 bits per heavy atom. The van der Waals surface area contributed by atoms with Gasteiger partial charge in [-0.15, -0.1) is 11.3 Å². The first-order valence-corrected chi connectivity index (χ1v) is 10.3. The quantitative estimate of drug-likeness (QED) is 0.483. The van der Waals surface area contributed by atoms with Crippen LogP contribution in [0.4, 0.5) is 0 Å². The van der Waals surface area contributed by atoms with Gasteiger partial charge in [-0.05, 0) is 41.6 Å². The number of carbonyl (C=O) groups is 1. The smallest absolute Gasteiger partial charge is 0.246 e. The minimum absolute atomic E-state index is 0.0909. The van der Waals surface area contributed by atoms with Crippen molar-refractivity contribution >= 4 is 34.9 Å². The summed E-state index contributed by atoms with van der Waals surface area (Å²) >= 11 is 7.97. The van der Waals surface area contributed by atoms with E-state index in [2.05, 4.69) is 0 Å². The highest BCUT2D eigenvalue weighted by Crippen LogP contribution is 2.36. The van der Waals surface area contributed by atoms with Gasteiger partial charge in [0, 0.05) is 24.6 Å². The topological polar surface area (TPSA) is 48.0 Å². The van der Waals surface area contributed by atoms with Crippen molar-refractivity contribution in [2.75, 3.05) is 34.0 Å². The number of amides is 1. The van der Waals surface area contributed by atoms with Crippen molar-refractivity contribution in [1.82, 2.24) is 4.90 Å². The molecule has 0 N–H and O–H groups in total. The molecular formula is C21H26ClNO4S. The fraction of sp³-hybridized carbons (Fsp3) is 0.381. The van der Waals surface area contributed by atoms with E-state index in [9.17, 15) is 4.79 Å². The molecule has 0 aliphatic rings. The van der Waals surface area contributed by atoms with Gasteiger partial charge in [-0.1, -0.05) is 24.6 Å². The number of nitrogens with zero attached hydrogens (tertiary/aromatic N) is 1. The number of thiophene rings is 1. The predicted molar refractivity (Wildman–Crippen MR) is 114 cm³/mol. The Balaban J connectivity index is 2.14. The Morgan fingerprint density at radius 2 is 2.11 bits per heavy atom. The fourth-order valence-corrected chi connectivity index (χ4v) is 3.51. The van der Waals surface area contributed by atoms with Crippen LogP contribution in [0.25, 0.3) is 6.08 Å². The van der Waals surface area contributed by atoms with Gasteiger partial charge in [0.2, 0.25) is 5.91 Å². The molecule has 0 atom stereocenters. The summed E-state index contributed by atoms with van der Waals surface area (Å²) in [6.45, 7) is 4.13. The molecular weight excluding hydrogens is 398 g/mol. The van der Waals surface area contributed by atoms with E-state index in [0.717, 1.165) is 16.9 Å². The number of hydrogen-bond donors (Lipinski definition) is 0. The summed E-state index contributed by atoms with van der Waals surface area (Å²) in [6, 6.07) is 7.56. The van der Waals surface area contributed by atoms with Gasteiger partial charge in [0.25, 0.3) is 0 Å². The molecule has 0 saturated heterocycles. The van der Waals surface area contributed by atoms with E-state index in [1.165, 1.54) is 0 Å². The third-order valence-electron chi connectivity index (χ3n) is 3.92. The second kappa shape index (κ2) is 11.7. The molecule has 2 aromatic rings. The Hall–Kier alpha value is -2.02. The lowest BCUT2D eigenvalue weighted by molar-refractivity contribution is -0.127. The molecule has 152 valence electrons. The van der Waals surface area contributed by atoms with Crippen LogP contribution < -0.4 is 9.47 Å². The molecule has 2 rings (SSSR count). The molecule has 0 radical (unpaired) electrons. The zero-order valence-electron chi connectivity index (χ0n) is 16.4. The molecule has 0 aliphatic heterocycles. The van der Waals surface area contributed by atoms with Crippen molar-refractivity contribution in [3.63, 3.8) is 0 Å². The summed E-state index contributed by atoms with van der Waals surface area (Å²) in [5, 5.41) is 2.45. The predicted octanol–water partition coefficient (Wildman–Crippen LogP) is 4.89. The molecule has 1 aromatic carbocycles. The van der Waals surface area contributed by atoms with Crippen molar-refractivity contribution in [3.8, 4) is 11.5 Å². The van der Waals surface area contributed by atoms with Crippen LogP contribution in [-0.4, -0.2) is 44.8 Å². The van der Waals surface area contributed by atoms with Gasteiger partial charge >= 0.3 is 0 Å². The van der Waals surface area contributed by atoms with Crippen LogP contribution in [0.3, 0.4) is 0 Å². The van der Waals surface area contributed by atoms with Crippen LogP contribution in [0.15, 0.2) is 35.7 Å². The fourth-order valence-electron chi connectivity index (χ4n) is 2.51. The van der Waals surface area contributed by atoms with Crippen molar-refractivity contribution in [2.45, 2.75) is 19.9 Å². The van der Waals surface area contributed by atoms with Crippen LogP contribution in [-0.2, 0) is 16.1 Å². The molecule has 5 nitrogen and oxygen atoms in total. The summed E-state index contributed by atoms with van der Waals surface area (Å²) < 4.78 is 16.2. The second-order valence-corrected chi connectivity index (χ2v) is 7.49. The molecule has 1 amide bonds. The average Bonchev–Trinajstić information content (AvgIpc) is 3.21. The van der Waals surface area contributed by atoms with Gasteiger partial charge in [-0.3, -0.25) is 4.79 Å². The Bertz CT molecular complexity index is 777. The molecule has 1 heterocycles. The van der Waals surface area contributed by atoms with Crippen molar-refractivity contribution in [2.24, 2.45) is 0 Å². The average molecular weight is 424 g/mol. The van der Waals surface area contributed by atoms with Crippen molar-refractivity contribution < 1.29 is 19.0 Å². The molecule has 1 aromatic heterocycles. The second-order valence-electron chi connectivity index (χ2n) is 6.05. The first-order chi connectivity index (χ1) is 13.6. The molecule has 0 spiro atoms. The summed E-state index contributed by atoms with van der Waals surface area (Å²) in [6.07, 6.45) is 4.15. The zero-order valence-corrected chi connectivity index (χ0v) is 18.0. The third kappa shape index (κ3) is 6.55. The highest BCUT2D eigenvalue weighted by Gasteiger charge is 2.13. The number of carbonyl (C=O) groups excluding carboxylic acids is 1. The van der Waals surface area contributed by atoms with E-state index in [1.807, 2.05) is 24.4 Å². The van der Waals surface area contributed by atoms with Gasteiger partial charge in [0.1, 0.15) is 0 Å². The maximum Gasteiger partial charge on any atom is 0.246 e. The minimum Gasteiger partial charge on any atom is -0.493 e. The summed E-state index contributed by atoms with van der Waals surface area (Å²) in [7, 11) is 3.19. The van der Waals surface area contributed by atoms with E-state index in [-0.39, 0.29) is 5.91 Å². The number of methoxy groups -OCH3 is 2. The van der Waals surface area contributed by atoms with E-state index in [0.29, 0.717) is 42.8 Å².